The van der Waals surface area contributed by atoms with Crippen molar-refractivity contribution in [3.8, 4) is 0 Å². The van der Waals surface area contributed by atoms with Gasteiger partial charge in [-0.3, -0.25) is 52.7 Å². The molecule has 84 heavy (non-hydrogen) atoms. The second-order valence-electron chi connectivity index (χ2n) is 25.7. The fourth-order valence-electron chi connectivity index (χ4n) is 10.5. The number of hydrogen-bond donors (Lipinski definition) is 6. The highest BCUT2D eigenvalue weighted by Crippen LogP contribution is 2.25. The monoisotopic (exact) mass is 1190 g/mol. The topological polar surface area (TPSA) is 288 Å². The van der Waals surface area contributed by atoms with Crippen LogP contribution in [0.3, 0.4) is 0 Å². The summed E-state index contributed by atoms with van der Waals surface area (Å²) in [5.74, 6) is -9.86. The average molecular weight is 1190 g/mol. The van der Waals surface area contributed by atoms with E-state index in [-0.39, 0.29) is 55.8 Å². The summed E-state index contributed by atoms with van der Waals surface area (Å²) >= 11 is 0. The molecule has 1 heterocycles. The van der Waals surface area contributed by atoms with Crippen LogP contribution in [0.1, 0.15) is 156 Å². The Hall–Kier alpha value is -6.13. The number of aliphatic hydroxyl groups excluding tert-OH is 1. The number of nitrogens with zero attached hydrogens (tertiary/aromatic N) is 6. The highest BCUT2D eigenvalue weighted by molar-refractivity contribution is 5.99. The Balaban J connectivity index is 4.27. The highest BCUT2D eigenvalue weighted by Gasteiger charge is 2.45. The third kappa shape index (κ3) is 21.7. The lowest BCUT2D eigenvalue weighted by atomic mass is 9.91. The Morgan fingerprint density at radius 1 is 0.464 bits per heavy atom. The summed E-state index contributed by atoms with van der Waals surface area (Å²) < 4.78 is 0. The number of carbonyl (C=O) groups is 11. The van der Waals surface area contributed by atoms with Crippen molar-refractivity contribution in [2.75, 3.05) is 48.8 Å². The number of allylic oxidation sites excluding steroid dienone is 2. The van der Waals surface area contributed by atoms with Crippen LogP contribution in [0, 0.1) is 41.4 Å². The van der Waals surface area contributed by atoms with Crippen LogP contribution in [-0.2, 0) is 52.7 Å². The molecule has 0 aliphatic carbocycles. The molecule has 4 unspecified atom stereocenters. The Kier molecular flexibility index (Phi) is 31.4. The van der Waals surface area contributed by atoms with Gasteiger partial charge in [-0.25, -0.2) is 0 Å². The molecular weight excluding hydrogens is 1080 g/mol. The predicted octanol–water partition coefficient (Wildman–Crippen LogP) is 2.93. The lowest BCUT2D eigenvalue weighted by Crippen LogP contribution is -2.63. The zero-order valence-corrected chi connectivity index (χ0v) is 55.1. The molecule has 0 aromatic carbocycles. The quantitative estimate of drug-likeness (QED) is 0.129. The smallest absolute Gasteiger partial charge is 0.246 e. The summed E-state index contributed by atoms with van der Waals surface area (Å²) in [6, 6.07) is -12.4. The molecule has 0 aromatic heterocycles. The van der Waals surface area contributed by atoms with Crippen molar-refractivity contribution in [3.63, 3.8) is 0 Å². The van der Waals surface area contributed by atoms with Crippen LogP contribution >= 0.6 is 0 Å². The van der Waals surface area contributed by atoms with Crippen molar-refractivity contribution in [2.45, 2.75) is 223 Å². The van der Waals surface area contributed by atoms with Gasteiger partial charge in [-0.2, -0.15) is 0 Å². The number of hydrogen-bond acceptors (Lipinski definition) is 12. The second kappa shape index (κ2) is 34.7. The summed E-state index contributed by atoms with van der Waals surface area (Å²) in [7, 11) is 8.46. The molecule has 1 aliphatic heterocycles. The van der Waals surface area contributed by atoms with Gasteiger partial charge in [0, 0.05) is 42.3 Å². The van der Waals surface area contributed by atoms with Crippen LogP contribution in [0.25, 0.3) is 0 Å². The lowest BCUT2D eigenvalue weighted by molar-refractivity contribution is -0.157. The van der Waals surface area contributed by atoms with Crippen LogP contribution in [0.4, 0.5) is 0 Å². The van der Waals surface area contributed by atoms with Gasteiger partial charge in [0.05, 0.1) is 12.6 Å². The van der Waals surface area contributed by atoms with E-state index in [1.54, 1.807) is 60.6 Å². The fraction of sp³-hybridized carbons (Fsp3) is 0.787. The summed E-state index contributed by atoms with van der Waals surface area (Å²) in [6.07, 6.45) is 3.01. The van der Waals surface area contributed by atoms with Gasteiger partial charge in [0.2, 0.25) is 65.0 Å². The van der Waals surface area contributed by atoms with Crippen LogP contribution < -0.4 is 26.6 Å². The number of rotatable bonds is 15. The predicted molar refractivity (Wildman–Crippen MR) is 324 cm³/mol. The van der Waals surface area contributed by atoms with E-state index in [4.69, 9.17) is 0 Å². The molecule has 1 fully saturated rings. The molecule has 1 aliphatic rings. The first kappa shape index (κ1) is 75.9. The van der Waals surface area contributed by atoms with E-state index in [1.807, 2.05) is 55.4 Å². The van der Waals surface area contributed by atoms with Gasteiger partial charge in [0.25, 0.3) is 0 Å². The third-order valence-corrected chi connectivity index (χ3v) is 15.6. The van der Waals surface area contributed by atoms with Crippen molar-refractivity contribution in [1.29, 1.82) is 0 Å². The largest absolute Gasteiger partial charge is 0.390 e. The molecule has 480 valence electrons. The zero-order chi connectivity index (χ0) is 65.1. The van der Waals surface area contributed by atoms with Gasteiger partial charge in [-0.05, 0) is 101 Å². The number of amides is 11. The van der Waals surface area contributed by atoms with E-state index in [0.717, 1.165) is 9.80 Å². The first-order chi connectivity index (χ1) is 38.8. The zero-order valence-electron chi connectivity index (χ0n) is 55.1. The number of aliphatic hydroxyl groups is 1. The average Bonchev–Trinajstić information content (AvgIpc) is 3.34. The number of likely N-dealkylation sites (N-methyl/N-ethyl adjacent to an activating group) is 6. The maximum Gasteiger partial charge on any atom is 0.246 e. The summed E-state index contributed by atoms with van der Waals surface area (Å²) in [5.41, 5.74) is 0. The molecule has 0 bridgehead atoms. The van der Waals surface area contributed by atoms with E-state index in [2.05, 4.69) is 26.6 Å². The van der Waals surface area contributed by atoms with E-state index in [0.29, 0.717) is 6.42 Å². The molecule has 6 N–H and O–H groups in total. The minimum atomic E-state index is -1.61. The van der Waals surface area contributed by atoms with E-state index < -0.39 is 156 Å². The Labute approximate surface area is 502 Å². The molecule has 0 saturated carbocycles. The van der Waals surface area contributed by atoms with Gasteiger partial charge >= 0.3 is 0 Å². The fourth-order valence-corrected chi connectivity index (χ4v) is 10.5. The maximum absolute atomic E-state index is 15.1. The van der Waals surface area contributed by atoms with Crippen LogP contribution in [0.5, 0.6) is 0 Å². The molecule has 0 aromatic rings. The van der Waals surface area contributed by atoms with E-state index in [1.165, 1.54) is 75.7 Å². The van der Waals surface area contributed by atoms with E-state index >= 15 is 9.59 Å². The molecule has 23 heteroatoms. The molecule has 11 amide bonds. The van der Waals surface area contributed by atoms with Crippen molar-refractivity contribution >= 4 is 65.0 Å². The van der Waals surface area contributed by atoms with Gasteiger partial charge in [0.1, 0.15) is 60.4 Å². The summed E-state index contributed by atoms with van der Waals surface area (Å²) in [4.78, 5) is 166. The molecule has 0 radical (unpaired) electrons. The highest BCUT2D eigenvalue weighted by atomic mass is 16.3. The summed E-state index contributed by atoms with van der Waals surface area (Å²) in [5, 5.41) is 25.7. The molecule has 1 saturated heterocycles. The van der Waals surface area contributed by atoms with Crippen molar-refractivity contribution in [1.82, 2.24) is 56.0 Å². The molecule has 0 spiro atoms. The maximum atomic E-state index is 15.1. The third-order valence-electron chi connectivity index (χ3n) is 15.6. The number of carbonyl (C=O) groups excluding carboxylic acids is 11. The minimum absolute atomic E-state index is 0.0205. The van der Waals surface area contributed by atoms with Gasteiger partial charge in [0.15, 0.2) is 0 Å². The standard InChI is InChI=1S/C61H109N11O12/c1-24-26-27-39(15)51(74)50-55(78)65-42(25-2)57(80)67(18)32-47(73)64-43(28-33(3)4)53(76)66-48(37(11)12)60(83)68(19)44(29-34(5)6)54(77)62-40(16)52(75)63-41(17)56(79)69(20)45(30-35(7)8)58(81)70(21)46(31-36(9)10)59(82)71(22)49(38(13)14)61(84)72(50)23/h24,26,33-46,48-51,74H,25,27-32H2,1-23H3,(H,62,77)(H,63,75)(H,64,73)(H,65,78)(H,66,76)/b26-24+/t39-,40?,41-,42?,43?,44-,45+,46+,48-,49+,50?,51-/m1/s1. The SMILES string of the molecule is C/C=C/C[C@@H](C)[C@@H](O)C1C(=O)NC(CC)C(=O)N(C)CC(=O)NC(CC(C)C)C(=O)N[C@H](C(C)C)C(=O)N(C)[C@H](CC(C)C)C(=O)NC(C)C(=O)N[C@H](C)C(=O)N(C)[C@@H](CC(C)C)C(=O)N(C)[C@@H](CC(C)C)C(=O)N(C)[C@@H](C(C)C)C(=O)N1C. The molecule has 12 atom stereocenters. The van der Waals surface area contributed by atoms with Crippen molar-refractivity contribution < 1.29 is 57.8 Å². The van der Waals surface area contributed by atoms with Gasteiger partial charge in [-0.15, -0.1) is 0 Å². The Bertz CT molecular complexity index is 2290. The molecular formula is C61H109N11O12. The molecule has 23 nitrogen and oxygen atoms in total. The first-order valence-corrected chi connectivity index (χ1v) is 30.2. The second-order valence-corrected chi connectivity index (χ2v) is 25.7. The normalized spacial score (nSPS) is 27.0. The van der Waals surface area contributed by atoms with Crippen molar-refractivity contribution in [2.24, 2.45) is 41.4 Å². The first-order valence-electron chi connectivity index (χ1n) is 30.2. The lowest BCUT2D eigenvalue weighted by Gasteiger charge is -2.41. The Morgan fingerprint density at radius 2 is 0.917 bits per heavy atom. The molecule has 1 rings (SSSR count). The van der Waals surface area contributed by atoms with Gasteiger partial charge in [-0.1, -0.05) is 109 Å². The summed E-state index contributed by atoms with van der Waals surface area (Å²) in [6.45, 7) is 29.2. The number of nitrogens with one attached hydrogen (secondary N) is 5. The van der Waals surface area contributed by atoms with Crippen LogP contribution in [-0.4, -0.2) is 215 Å². The van der Waals surface area contributed by atoms with Gasteiger partial charge < -0.3 is 61.1 Å². The van der Waals surface area contributed by atoms with Crippen LogP contribution in [0.15, 0.2) is 12.2 Å². The van der Waals surface area contributed by atoms with E-state index in [9.17, 15) is 48.3 Å². The minimum Gasteiger partial charge on any atom is -0.390 e. The Morgan fingerprint density at radius 3 is 1.38 bits per heavy atom. The van der Waals surface area contributed by atoms with Crippen molar-refractivity contribution in [3.05, 3.63) is 12.2 Å². The van der Waals surface area contributed by atoms with Crippen LogP contribution in [0.2, 0.25) is 0 Å².